The minimum atomic E-state index is 0.333. The fourth-order valence-electron chi connectivity index (χ4n) is 9.09. The zero-order chi connectivity index (χ0) is 37.1. The summed E-state index contributed by atoms with van der Waals surface area (Å²) in [5, 5.41) is 30.4. The van der Waals surface area contributed by atoms with Crippen molar-refractivity contribution in [2.24, 2.45) is 0 Å². The number of aromatic nitrogens is 2. The molecule has 56 heavy (non-hydrogen) atoms. The van der Waals surface area contributed by atoms with Crippen LogP contribution in [0.25, 0.3) is 108 Å². The Kier molecular flexibility index (Phi) is 6.28. The number of nitriles is 2. The Morgan fingerprint density at radius 3 is 1.98 bits per heavy atom. The summed E-state index contributed by atoms with van der Waals surface area (Å²) < 4.78 is 13.5. The lowest BCUT2D eigenvalue weighted by Crippen LogP contribution is -2.05. The van der Waals surface area contributed by atoms with Crippen molar-refractivity contribution in [1.29, 1.82) is 10.5 Å². The van der Waals surface area contributed by atoms with Gasteiger partial charge in [0.25, 0.3) is 0 Å². The maximum absolute atomic E-state index is 11.0. The van der Waals surface area contributed by atoms with Gasteiger partial charge in [0, 0.05) is 58.2 Å². The van der Waals surface area contributed by atoms with Crippen molar-refractivity contribution >= 4 is 97.1 Å². The summed E-state index contributed by atoms with van der Waals surface area (Å²) >= 11 is 1.79. The normalized spacial score (nSPS) is 11.9. The van der Waals surface area contributed by atoms with Crippen LogP contribution in [0.2, 0.25) is 0 Å². The molecule has 0 aliphatic heterocycles. The number of furan rings is 1. The van der Waals surface area contributed by atoms with Crippen LogP contribution >= 0.6 is 11.3 Å². The van der Waals surface area contributed by atoms with Gasteiger partial charge in [-0.1, -0.05) is 97.1 Å². The number of hydrogen-bond acceptors (Lipinski definition) is 4. The van der Waals surface area contributed by atoms with Gasteiger partial charge in [-0.2, -0.15) is 10.5 Å². The van der Waals surface area contributed by atoms with E-state index in [1.165, 1.54) is 20.2 Å². The molecule has 12 aromatic rings. The third-order valence-corrected chi connectivity index (χ3v) is 12.5. The van der Waals surface area contributed by atoms with Gasteiger partial charge in [0.05, 0.1) is 50.0 Å². The first-order valence-corrected chi connectivity index (χ1v) is 19.3. The Morgan fingerprint density at radius 1 is 0.464 bits per heavy atom. The SMILES string of the molecule is N#Cc1ccc(-c2ccccc2-n2c3ccccc3c3ccc4oc5ccccc5c4c32)c(-n2c3ccccc3c3cc4sc5ccccc5c4cc32)c1C#N. The van der Waals surface area contributed by atoms with Gasteiger partial charge in [-0.15, -0.1) is 11.3 Å². The molecule has 0 aliphatic carbocycles. The van der Waals surface area contributed by atoms with Crippen LogP contribution in [0.5, 0.6) is 0 Å². The van der Waals surface area contributed by atoms with Crippen molar-refractivity contribution in [1.82, 2.24) is 9.13 Å². The van der Waals surface area contributed by atoms with Gasteiger partial charge in [-0.05, 0) is 60.7 Å². The van der Waals surface area contributed by atoms with Gasteiger partial charge in [0.1, 0.15) is 23.3 Å². The fraction of sp³-hybridized carbons (Fsp3) is 0. The molecular formula is C50H26N4OS. The predicted octanol–water partition coefficient (Wildman–Crippen LogP) is 13.6. The van der Waals surface area contributed by atoms with Crippen LogP contribution in [0.1, 0.15) is 11.1 Å². The topological polar surface area (TPSA) is 70.6 Å². The summed E-state index contributed by atoms with van der Waals surface area (Å²) in [5.74, 6) is 0. The molecule has 0 aliphatic rings. The van der Waals surface area contributed by atoms with E-state index in [1.54, 1.807) is 17.4 Å². The van der Waals surface area contributed by atoms with E-state index >= 15 is 0 Å². The Hall–Kier alpha value is -7.64. The number of nitrogens with zero attached hydrogens (tertiary/aromatic N) is 4. The molecule has 0 radical (unpaired) electrons. The van der Waals surface area contributed by atoms with Crippen LogP contribution in [-0.2, 0) is 0 Å². The largest absolute Gasteiger partial charge is 0.456 e. The summed E-state index contributed by atoms with van der Waals surface area (Å²) in [7, 11) is 0. The number of fused-ring (bicyclic) bond motifs is 13. The number of hydrogen-bond donors (Lipinski definition) is 0. The molecule has 4 heterocycles. The minimum Gasteiger partial charge on any atom is -0.456 e. The van der Waals surface area contributed by atoms with Crippen molar-refractivity contribution in [3.63, 3.8) is 0 Å². The van der Waals surface area contributed by atoms with Crippen molar-refractivity contribution in [3.8, 4) is 34.6 Å². The summed E-state index contributed by atoms with van der Waals surface area (Å²) in [6.07, 6.45) is 0. The van der Waals surface area contributed by atoms with E-state index in [0.717, 1.165) is 82.4 Å². The molecule has 0 N–H and O–H groups in total. The van der Waals surface area contributed by atoms with E-state index in [2.05, 4.69) is 149 Å². The molecule has 0 spiro atoms. The number of thiophene rings is 1. The smallest absolute Gasteiger partial charge is 0.137 e. The lowest BCUT2D eigenvalue weighted by Gasteiger charge is -2.20. The molecular weight excluding hydrogens is 705 g/mol. The van der Waals surface area contributed by atoms with Gasteiger partial charge in [0.2, 0.25) is 0 Å². The Morgan fingerprint density at radius 2 is 1.16 bits per heavy atom. The van der Waals surface area contributed by atoms with Crippen LogP contribution in [0.15, 0.2) is 162 Å². The highest BCUT2D eigenvalue weighted by Crippen LogP contribution is 2.46. The van der Waals surface area contributed by atoms with Gasteiger partial charge in [0.15, 0.2) is 0 Å². The van der Waals surface area contributed by atoms with Crippen molar-refractivity contribution in [3.05, 3.63) is 169 Å². The van der Waals surface area contributed by atoms with Crippen LogP contribution in [0.3, 0.4) is 0 Å². The summed E-state index contributed by atoms with van der Waals surface area (Å²) in [4.78, 5) is 0. The lowest BCUT2D eigenvalue weighted by atomic mass is 9.95. The first-order chi connectivity index (χ1) is 27.7. The standard InChI is InChI=1S/C50H26N4OS/c51-27-29-21-22-34(49(39(29)28-52)54-42-18-8-3-13-32(42)37-26-47-38(25-43(37)54)33-14-5-10-20-46(33)56-47)30-11-1-6-16-40(30)53-41-17-7-2-12-31(41)35-23-24-45-48(50(35)53)36-15-4-9-19-44(36)55-45/h1-26H. The highest BCUT2D eigenvalue weighted by atomic mass is 32.1. The number of rotatable bonds is 3. The second kappa shape index (κ2) is 11.4. The predicted molar refractivity (Wildman–Crippen MR) is 230 cm³/mol. The maximum atomic E-state index is 11.0. The maximum Gasteiger partial charge on any atom is 0.137 e. The molecule has 4 aromatic heterocycles. The highest BCUT2D eigenvalue weighted by molar-refractivity contribution is 7.25. The van der Waals surface area contributed by atoms with E-state index in [0.29, 0.717) is 16.8 Å². The van der Waals surface area contributed by atoms with E-state index in [-0.39, 0.29) is 0 Å². The molecule has 0 saturated carbocycles. The van der Waals surface area contributed by atoms with E-state index in [1.807, 2.05) is 24.3 Å². The second-order valence-electron chi connectivity index (χ2n) is 14.2. The van der Waals surface area contributed by atoms with Gasteiger partial charge in [-0.25, -0.2) is 0 Å². The van der Waals surface area contributed by atoms with Crippen molar-refractivity contribution in [2.75, 3.05) is 0 Å². The van der Waals surface area contributed by atoms with E-state index in [4.69, 9.17) is 4.42 Å². The lowest BCUT2D eigenvalue weighted by molar-refractivity contribution is 0.669. The van der Waals surface area contributed by atoms with Crippen LogP contribution < -0.4 is 0 Å². The van der Waals surface area contributed by atoms with Gasteiger partial charge < -0.3 is 13.6 Å². The van der Waals surface area contributed by atoms with E-state index < -0.39 is 0 Å². The number of para-hydroxylation sites is 4. The molecule has 5 nitrogen and oxygen atoms in total. The quantitative estimate of drug-likeness (QED) is 0.182. The van der Waals surface area contributed by atoms with Crippen LogP contribution in [0, 0.1) is 22.7 Å². The Balaban J connectivity index is 1.24. The molecule has 8 aromatic carbocycles. The Labute approximate surface area is 323 Å². The zero-order valence-electron chi connectivity index (χ0n) is 29.6. The third kappa shape index (κ3) is 4.06. The third-order valence-electron chi connectivity index (χ3n) is 11.4. The van der Waals surface area contributed by atoms with Crippen molar-refractivity contribution in [2.45, 2.75) is 0 Å². The molecule has 0 fully saturated rings. The molecule has 0 amide bonds. The fourth-order valence-corrected chi connectivity index (χ4v) is 10.2. The average molecular weight is 731 g/mol. The van der Waals surface area contributed by atoms with E-state index in [9.17, 15) is 10.5 Å². The first-order valence-electron chi connectivity index (χ1n) is 18.5. The molecule has 258 valence electrons. The van der Waals surface area contributed by atoms with Crippen molar-refractivity contribution < 1.29 is 4.42 Å². The summed E-state index contributed by atoms with van der Waals surface area (Å²) in [6.45, 7) is 0. The molecule has 6 heteroatoms. The number of benzene rings is 8. The van der Waals surface area contributed by atoms with Crippen LogP contribution in [-0.4, -0.2) is 9.13 Å². The summed E-state index contributed by atoms with van der Waals surface area (Å²) in [6, 6.07) is 59.5. The van der Waals surface area contributed by atoms with Crippen LogP contribution in [0.4, 0.5) is 0 Å². The average Bonchev–Trinajstić information content (AvgIpc) is 3.99. The molecule has 0 unspecified atom stereocenters. The molecule has 0 saturated heterocycles. The molecule has 0 atom stereocenters. The second-order valence-corrected chi connectivity index (χ2v) is 15.3. The van der Waals surface area contributed by atoms with Gasteiger partial charge >= 0.3 is 0 Å². The first kappa shape index (κ1) is 30.8. The monoisotopic (exact) mass is 730 g/mol. The zero-order valence-corrected chi connectivity index (χ0v) is 30.4. The van der Waals surface area contributed by atoms with Gasteiger partial charge in [-0.3, -0.25) is 0 Å². The summed E-state index contributed by atoms with van der Waals surface area (Å²) in [5.41, 5.74) is 9.83. The Bertz CT molecular complexity index is 3750. The molecule has 0 bridgehead atoms. The molecule has 12 rings (SSSR count). The highest BCUT2D eigenvalue weighted by Gasteiger charge is 2.26. The minimum absolute atomic E-state index is 0.333.